The van der Waals surface area contributed by atoms with Crippen LogP contribution in [0.1, 0.15) is 28.5 Å². The smallest absolute Gasteiger partial charge is 0.163 e. The minimum atomic E-state index is 0.00194. The van der Waals surface area contributed by atoms with E-state index in [1.165, 1.54) is 0 Å². The van der Waals surface area contributed by atoms with Crippen molar-refractivity contribution >= 4 is 49.9 Å². The predicted octanol–water partition coefficient (Wildman–Crippen LogP) is 5.77. The minimum absolute atomic E-state index is 0.00194. The Bertz CT molecular complexity index is 940. The normalized spacial score (nSPS) is 10.8. The summed E-state index contributed by atoms with van der Waals surface area (Å²) >= 11 is 9.55. The molecular formula is C19H16BrClN2O. The molecule has 0 aliphatic rings. The van der Waals surface area contributed by atoms with E-state index in [-0.39, 0.29) is 5.78 Å². The van der Waals surface area contributed by atoms with Crippen molar-refractivity contribution in [3.8, 4) is 0 Å². The lowest BCUT2D eigenvalue weighted by molar-refractivity contribution is 0.101. The standard InChI is InChI=1S/C19H16BrClN2O/c1-11-18(12(2)24)19(14-5-3-4-6-17(14)23-11)22-10-13-7-8-15(20)16(21)9-13/h3-9H,10H2,1-2H3,(H,22,23). The van der Waals surface area contributed by atoms with Gasteiger partial charge in [-0.2, -0.15) is 0 Å². The lowest BCUT2D eigenvalue weighted by Gasteiger charge is -2.16. The maximum absolute atomic E-state index is 12.1. The largest absolute Gasteiger partial charge is 0.380 e. The van der Waals surface area contributed by atoms with E-state index in [2.05, 4.69) is 26.2 Å². The van der Waals surface area contributed by atoms with Crippen LogP contribution in [0, 0.1) is 6.92 Å². The molecule has 0 saturated carbocycles. The number of nitrogens with zero attached hydrogens (tertiary/aromatic N) is 1. The van der Waals surface area contributed by atoms with Gasteiger partial charge in [0.05, 0.1) is 27.5 Å². The van der Waals surface area contributed by atoms with E-state index in [9.17, 15) is 4.79 Å². The monoisotopic (exact) mass is 402 g/mol. The molecule has 5 heteroatoms. The SMILES string of the molecule is CC(=O)c1c(C)nc2ccccc2c1NCc1ccc(Br)c(Cl)c1. The summed E-state index contributed by atoms with van der Waals surface area (Å²) in [7, 11) is 0. The van der Waals surface area contributed by atoms with Crippen molar-refractivity contribution in [2.45, 2.75) is 20.4 Å². The number of carbonyl (C=O) groups is 1. The van der Waals surface area contributed by atoms with Crippen LogP contribution in [0.3, 0.4) is 0 Å². The highest BCUT2D eigenvalue weighted by Gasteiger charge is 2.16. The summed E-state index contributed by atoms with van der Waals surface area (Å²) < 4.78 is 0.863. The maximum atomic E-state index is 12.1. The molecule has 3 rings (SSSR count). The summed E-state index contributed by atoms with van der Waals surface area (Å²) in [6, 6.07) is 13.6. The fourth-order valence-electron chi connectivity index (χ4n) is 2.79. The highest BCUT2D eigenvalue weighted by molar-refractivity contribution is 9.10. The van der Waals surface area contributed by atoms with E-state index in [0.717, 1.165) is 32.3 Å². The first-order chi connectivity index (χ1) is 11.5. The molecule has 2 aromatic carbocycles. The van der Waals surface area contributed by atoms with Gasteiger partial charge < -0.3 is 5.32 Å². The van der Waals surface area contributed by atoms with Gasteiger partial charge in [-0.15, -0.1) is 0 Å². The number of benzene rings is 2. The lowest BCUT2D eigenvalue weighted by atomic mass is 10.0. The zero-order chi connectivity index (χ0) is 17.3. The number of carbonyl (C=O) groups excluding carboxylic acids is 1. The topological polar surface area (TPSA) is 42.0 Å². The fraction of sp³-hybridized carbons (Fsp3) is 0.158. The van der Waals surface area contributed by atoms with Crippen LogP contribution in [0.5, 0.6) is 0 Å². The molecule has 0 bridgehead atoms. The van der Waals surface area contributed by atoms with Gasteiger partial charge in [0, 0.05) is 16.4 Å². The van der Waals surface area contributed by atoms with Gasteiger partial charge in [-0.1, -0.05) is 35.9 Å². The van der Waals surface area contributed by atoms with Crippen LogP contribution in [-0.2, 0) is 6.54 Å². The number of halogens is 2. The van der Waals surface area contributed by atoms with Gasteiger partial charge in [-0.05, 0) is 53.5 Å². The summed E-state index contributed by atoms with van der Waals surface area (Å²) in [6.45, 7) is 4.01. The number of pyridine rings is 1. The van der Waals surface area contributed by atoms with E-state index in [1.807, 2.05) is 49.4 Å². The van der Waals surface area contributed by atoms with Crippen molar-refractivity contribution in [1.29, 1.82) is 0 Å². The van der Waals surface area contributed by atoms with Gasteiger partial charge in [0.25, 0.3) is 0 Å². The van der Waals surface area contributed by atoms with Crippen molar-refractivity contribution in [3.05, 3.63) is 68.8 Å². The number of para-hydroxylation sites is 1. The highest BCUT2D eigenvalue weighted by atomic mass is 79.9. The Hall–Kier alpha value is -1.91. The number of hydrogen-bond acceptors (Lipinski definition) is 3. The molecular weight excluding hydrogens is 388 g/mol. The predicted molar refractivity (Wildman–Crippen MR) is 103 cm³/mol. The van der Waals surface area contributed by atoms with E-state index in [1.54, 1.807) is 6.92 Å². The van der Waals surface area contributed by atoms with Gasteiger partial charge in [0.1, 0.15) is 0 Å². The van der Waals surface area contributed by atoms with Crippen molar-refractivity contribution in [2.75, 3.05) is 5.32 Å². The Labute approximate surface area is 154 Å². The first kappa shape index (κ1) is 16.9. The molecule has 24 heavy (non-hydrogen) atoms. The molecule has 0 spiro atoms. The van der Waals surface area contributed by atoms with Crippen LogP contribution in [0.15, 0.2) is 46.9 Å². The van der Waals surface area contributed by atoms with E-state index in [0.29, 0.717) is 17.1 Å². The van der Waals surface area contributed by atoms with Gasteiger partial charge in [-0.3, -0.25) is 9.78 Å². The number of fused-ring (bicyclic) bond motifs is 1. The Balaban J connectivity index is 2.05. The molecule has 1 aromatic heterocycles. The molecule has 1 heterocycles. The second-order valence-corrected chi connectivity index (χ2v) is 6.88. The molecule has 0 radical (unpaired) electrons. The molecule has 3 aromatic rings. The Morgan fingerprint density at radius 2 is 2.00 bits per heavy atom. The number of nitrogens with one attached hydrogen (secondary N) is 1. The molecule has 1 N–H and O–H groups in total. The lowest BCUT2D eigenvalue weighted by Crippen LogP contribution is -2.09. The van der Waals surface area contributed by atoms with Crippen molar-refractivity contribution in [2.24, 2.45) is 0 Å². The van der Waals surface area contributed by atoms with Crippen LogP contribution in [-0.4, -0.2) is 10.8 Å². The summed E-state index contributed by atoms with van der Waals surface area (Å²) in [5.74, 6) is 0.00194. The number of aromatic nitrogens is 1. The van der Waals surface area contributed by atoms with Crippen LogP contribution in [0.4, 0.5) is 5.69 Å². The number of rotatable bonds is 4. The Kier molecular flexibility index (Phi) is 4.88. The average Bonchev–Trinajstić information content (AvgIpc) is 2.54. The molecule has 0 unspecified atom stereocenters. The van der Waals surface area contributed by atoms with Crippen LogP contribution in [0.25, 0.3) is 10.9 Å². The zero-order valence-electron chi connectivity index (χ0n) is 13.4. The molecule has 0 amide bonds. The Morgan fingerprint density at radius 3 is 2.71 bits per heavy atom. The molecule has 0 fully saturated rings. The first-order valence-corrected chi connectivity index (χ1v) is 8.72. The van der Waals surface area contributed by atoms with Crippen LogP contribution in [0.2, 0.25) is 5.02 Å². The van der Waals surface area contributed by atoms with Crippen LogP contribution < -0.4 is 5.32 Å². The second kappa shape index (κ2) is 6.91. The molecule has 0 atom stereocenters. The minimum Gasteiger partial charge on any atom is -0.380 e. The number of aryl methyl sites for hydroxylation is 1. The number of Topliss-reactive ketones (excluding diaryl/α,β-unsaturated/α-hetero) is 1. The molecule has 0 aliphatic carbocycles. The van der Waals surface area contributed by atoms with Gasteiger partial charge in [0.15, 0.2) is 5.78 Å². The van der Waals surface area contributed by atoms with Crippen LogP contribution >= 0.6 is 27.5 Å². The quantitative estimate of drug-likeness (QED) is 0.562. The van der Waals surface area contributed by atoms with E-state index in [4.69, 9.17) is 11.6 Å². The number of ketones is 1. The van der Waals surface area contributed by atoms with Crippen molar-refractivity contribution < 1.29 is 4.79 Å². The van der Waals surface area contributed by atoms with Gasteiger partial charge in [0.2, 0.25) is 0 Å². The van der Waals surface area contributed by atoms with E-state index < -0.39 is 0 Å². The maximum Gasteiger partial charge on any atom is 0.163 e. The third-order valence-electron chi connectivity index (χ3n) is 3.88. The number of hydrogen-bond donors (Lipinski definition) is 1. The summed E-state index contributed by atoms with van der Waals surface area (Å²) in [5, 5.41) is 5.01. The third-order valence-corrected chi connectivity index (χ3v) is 5.11. The zero-order valence-corrected chi connectivity index (χ0v) is 15.7. The third kappa shape index (κ3) is 3.30. The summed E-state index contributed by atoms with van der Waals surface area (Å²) in [5.41, 5.74) is 4.10. The molecule has 3 nitrogen and oxygen atoms in total. The Morgan fingerprint density at radius 1 is 1.25 bits per heavy atom. The molecule has 0 saturated heterocycles. The average molecular weight is 404 g/mol. The fourth-order valence-corrected chi connectivity index (χ4v) is 3.24. The number of anilines is 1. The first-order valence-electron chi connectivity index (χ1n) is 7.55. The van der Waals surface area contributed by atoms with Crippen molar-refractivity contribution in [1.82, 2.24) is 4.98 Å². The molecule has 122 valence electrons. The second-order valence-electron chi connectivity index (χ2n) is 5.62. The van der Waals surface area contributed by atoms with E-state index >= 15 is 0 Å². The summed E-state index contributed by atoms with van der Waals surface area (Å²) in [4.78, 5) is 16.7. The van der Waals surface area contributed by atoms with Gasteiger partial charge >= 0.3 is 0 Å². The van der Waals surface area contributed by atoms with Gasteiger partial charge in [-0.25, -0.2) is 0 Å². The highest BCUT2D eigenvalue weighted by Crippen LogP contribution is 2.30. The van der Waals surface area contributed by atoms with Crippen molar-refractivity contribution in [3.63, 3.8) is 0 Å². The molecule has 0 aliphatic heterocycles. The summed E-state index contributed by atoms with van der Waals surface area (Å²) in [6.07, 6.45) is 0.